The molecule has 6 rings (SSSR count). The van der Waals surface area contributed by atoms with Crippen LogP contribution < -0.4 is 10.1 Å². The zero-order valence-electron chi connectivity index (χ0n) is 22.9. The molecule has 1 heterocycles. The fraction of sp³-hybridized carbons (Fsp3) is 0.679. The zero-order chi connectivity index (χ0) is 27.2. The molecule has 4 aliphatic carbocycles. The quantitative estimate of drug-likeness (QED) is 0.280. The molecule has 0 aromatic heterocycles. The van der Waals surface area contributed by atoms with Crippen LogP contribution in [0.2, 0.25) is 0 Å². The van der Waals surface area contributed by atoms with Gasteiger partial charge in [-0.2, -0.15) is 0 Å². The van der Waals surface area contributed by atoms with Crippen LogP contribution in [0.25, 0.3) is 0 Å². The highest BCUT2D eigenvalue weighted by Gasteiger charge is 2.68. The average molecular weight is 527 g/mol. The number of nitrogens with one attached hydrogen (secondary N) is 1. The molecule has 206 valence electrons. The molecule has 1 amide bonds. The third-order valence-electron chi connectivity index (χ3n) is 9.23. The molecule has 5 atom stereocenters. The Kier molecular flexibility index (Phi) is 7.24. The molecule has 4 saturated carbocycles. The molecule has 0 radical (unpaired) electrons. The van der Waals surface area contributed by atoms with Crippen LogP contribution in [0.3, 0.4) is 0 Å². The number of rotatable bonds is 10. The van der Waals surface area contributed by atoms with E-state index in [4.69, 9.17) is 23.5 Å². The van der Waals surface area contributed by atoms with Gasteiger partial charge < -0.3 is 28.8 Å². The van der Waals surface area contributed by atoms with Crippen molar-refractivity contribution >= 4 is 25.0 Å². The summed E-state index contributed by atoms with van der Waals surface area (Å²) >= 11 is 0. The standard InChI is InChI=1S/C28H38BNO8/c1-6-23(31)30-22(29-37-21-14-18-13-20(27(18,2)3)28(21,4)38-29)12-17-8-7-9-19(24(17)34-5)26(33)36-15-35-25(32)16-10-11-16/h7-9,16,18,20-22H,6,10-15H2,1-5H3,(H,30,31). The van der Waals surface area contributed by atoms with Crippen LogP contribution in [0.4, 0.5) is 0 Å². The second kappa shape index (κ2) is 10.2. The van der Waals surface area contributed by atoms with E-state index in [2.05, 4.69) is 26.1 Å². The Morgan fingerprint density at radius 1 is 1.16 bits per heavy atom. The van der Waals surface area contributed by atoms with Crippen molar-refractivity contribution in [2.75, 3.05) is 13.9 Å². The third kappa shape index (κ3) is 4.81. The highest BCUT2D eigenvalue weighted by Crippen LogP contribution is 2.65. The van der Waals surface area contributed by atoms with Crippen LogP contribution in [0.1, 0.15) is 75.7 Å². The van der Waals surface area contributed by atoms with Crippen LogP contribution in [-0.2, 0) is 34.8 Å². The summed E-state index contributed by atoms with van der Waals surface area (Å²) < 4.78 is 29.0. The molecule has 9 nitrogen and oxygen atoms in total. The van der Waals surface area contributed by atoms with E-state index in [0.29, 0.717) is 36.0 Å². The minimum Gasteiger partial charge on any atom is -0.496 e. The number of carbonyl (C=O) groups excluding carboxylic acids is 3. The van der Waals surface area contributed by atoms with E-state index in [1.54, 1.807) is 19.1 Å². The zero-order valence-corrected chi connectivity index (χ0v) is 22.9. The van der Waals surface area contributed by atoms with Gasteiger partial charge in [0.1, 0.15) is 11.3 Å². The molecule has 2 bridgehead atoms. The molecule has 1 aromatic rings. The Morgan fingerprint density at radius 2 is 1.92 bits per heavy atom. The fourth-order valence-corrected chi connectivity index (χ4v) is 6.64. The first-order valence-electron chi connectivity index (χ1n) is 13.7. The second-order valence-electron chi connectivity index (χ2n) is 11.9. The number of para-hydroxylation sites is 1. The molecule has 5 aliphatic rings. The molecular weight excluding hydrogens is 489 g/mol. The molecule has 5 fully saturated rings. The highest BCUT2D eigenvalue weighted by atomic mass is 16.7. The van der Waals surface area contributed by atoms with E-state index in [9.17, 15) is 14.4 Å². The van der Waals surface area contributed by atoms with Crippen LogP contribution in [0.5, 0.6) is 5.75 Å². The van der Waals surface area contributed by atoms with Gasteiger partial charge >= 0.3 is 19.1 Å². The van der Waals surface area contributed by atoms with Gasteiger partial charge in [-0.05, 0) is 67.9 Å². The maximum absolute atomic E-state index is 12.8. The highest BCUT2D eigenvalue weighted by molar-refractivity contribution is 6.48. The maximum atomic E-state index is 12.8. The predicted molar refractivity (Wildman–Crippen MR) is 138 cm³/mol. The lowest BCUT2D eigenvalue weighted by molar-refractivity contribution is -0.199. The molecular formula is C28H38BNO8. The number of hydrogen-bond donors (Lipinski definition) is 1. The molecule has 1 aliphatic heterocycles. The Morgan fingerprint density at radius 3 is 2.58 bits per heavy atom. The van der Waals surface area contributed by atoms with Crippen molar-refractivity contribution in [2.45, 2.75) is 83.9 Å². The summed E-state index contributed by atoms with van der Waals surface area (Å²) in [5.74, 6) is -0.328. The lowest BCUT2D eigenvalue weighted by Gasteiger charge is -2.64. The van der Waals surface area contributed by atoms with Crippen LogP contribution in [0.15, 0.2) is 18.2 Å². The fourth-order valence-electron chi connectivity index (χ4n) is 6.64. The summed E-state index contributed by atoms with van der Waals surface area (Å²) in [5, 5.41) is 3.08. The third-order valence-corrected chi connectivity index (χ3v) is 9.23. The maximum Gasteiger partial charge on any atom is 0.482 e. The molecule has 1 saturated heterocycles. The molecule has 38 heavy (non-hydrogen) atoms. The van der Waals surface area contributed by atoms with Gasteiger partial charge in [-0.25, -0.2) is 4.79 Å². The van der Waals surface area contributed by atoms with Crippen LogP contribution in [0, 0.1) is 23.2 Å². The topological polar surface area (TPSA) is 109 Å². The monoisotopic (exact) mass is 527 g/mol. The number of methoxy groups -OCH3 is 1. The molecule has 5 unspecified atom stereocenters. The van der Waals surface area contributed by atoms with Gasteiger partial charge in [-0.3, -0.25) is 9.59 Å². The van der Waals surface area contributed by atoms with Gasteiger partial charge in [0.2, 0.25) is 12.7 Å². The normalized spacial score (nSPS) is 29.5. The largest absolute Gasteiger partial charge is 0.496 e. The van der Waals surface area contributed by atoms with E-state index in [1.807, 2.05) is 6.07 Å². The van der Waals surface area contributed by atoms with Gasteiger partial charge in [0.25, 0.3) is 0 Å². The first kappa shape index (κ1) is 27.0. The molecule has 1 N–H and O–H groups in total. The Hall–Kier alpha value is -2.59. The van der Waals surface area contributed by atoms with Crippen molar-refractivity contribution in [3.05, 3.63) is 29.3 Å². The number of ether oxygens (including phenoxy) is 3. The van der Waals surface area contributed by atoms with Crippen molar-refractivity contribution in [3.63, 3.8) is 0 Å². The average Bonchev–Trinajstić information content (AvgIpc) is 3.68. The summed E-state index contributed by atoms with van der Waals surface area (Å²) in [7, 11) is 0.855. The first-order chi connectivity index (χ1) is 18.1. The Balaban J connectivity index is 1.32. The summed E-state index contributed by atoms with van der Waals surface area (Å²) in [5.41, 5.74) is 0.710. The van der Waals surface area contributed by atoms with E-state index in [1.165, 1.54) is 7.11 Å². The van der Waals surface area contributed by atoms with E-state index in [0.717, 1.165) is 25.7 Å². The van der Waals surface area contributed by atoms with E-state index >= 15 is 0 Å². The van der Waals surface area contributed by atoms with E-state index in [-0.39, 0.29) is 34.9 Å². The van der Waals surface area contributed by atoms with Crippen molar-refractivity contribution in [3.8, 4) is 5.75 Å². The van der Waals surface area contributed by atoms with Gasteiger partial charge in [-0.1, -0.05) is 32.9 Å². The summed E-state index contributed by atoms with van der Waals surface area (Å²) in [6.45, 7) is 8.12. The van der Waals surface area contributed by atoms with Gasteiger partial charge in [0.05, 0.1) is 30.7 Å². The Bertz CT molecular complexity index is 1100. The van der Waals surface area contributed by atoms with Gasteiger partial charge in [0.15, 0.2) is 0 Å². The molecule has 1 aromatic carbocycles. The summed E-state index contributed by atoms with van der Waals surface area (Å²) in [6, 6.07) is 5.18. The molecule has 10 heteroatoms. The van der Waals surface area contributed by atoms with Crippen molar-refractivity contribution in [1.29, 1.82) is 0 Å². The van der Waals surface area contributed by atoms with Crippen molar-refractivity contribution < 1.29 is 37.9 Å². The Labute approximate surface area is 224 Å². The smallest absolute Gasteiger partial charge is 0.482 e. The summed E-state index contributed by atoms with van der Waals surface area (Å²) in [6.07, 6.45) is 4.34. The number of hydrogen-bond acceptors (Lipinski definition) is 8. The SMILES string of the molecule is CCC(=O)NC(Cc1cccc(C(=O)OCOC(=O)C2CC2)c1OC)B1OC2CC3CC(C3(C)C)C2(C)O1. The predicted octanol–water partition coefficient (Wildman–Crippen LogP) is 3.47. The second-order valence-corrected chi connectivity index (χ2v) is 11.9. The number of esters is 2. The van der Waals surface area contributed by atoms with Crippen LogP contribution in [-0.4, -0.2) is 56.5 Å². The van der Waals surface area contributed by atoms with Crippen LogP contribution >= 0.6 is 0 Å². The van der Waals surface area contributed by atoms with Crippen molar-refractivity contribution in [1.82, 2.24) is 5.32 Å². The minimum absolute atomic E-state index is 0.0214. The lowest BCUT2D eigenvalue weighted by Crippen LogP contribution is -2.65. The van der Waals surface area contributed by atoms with Gasteiger partial charge in [-0.15, -0.1) is 0 Å². The van der Waals surface area contributed by atoms with E-state index < -0.39 is 31.4 Å². The van der Waals surface area contributed by atoms with Crippen molar-refractivity contribution in [2.24, 2.45) is 23.2 Å². The number of amides is 1. The number of carbonyl (C=O) groups is 3. The first-order valence-corrected chi connectivity index (χ1v) is 13.7. The summed E-state index contributed by atoms with van der Waals surface area (Å²) in [4.78, 5) is 37.1. The molecule has 0 spiro atoms. The van der Waals surface area contributed by atoms with Gasteiger partial charge in [0, 0.05) is 6.42 Å². The number of benzene rings is 1. The minimum atomic E-state index is -0.657. The lowest BCUT2D eigenvalue weighted by atomic mass is 9.43.